The van der Waals surface area contributed by atoms with E-state index < -0.39 is 13.7 Å². The Morgan fingerprint density at radius 2 is 1.31 bits per heavy atom. The molecule has 1 radical (unpaired) electrons. The molecule has 0 spiro atoms. The molecule has 51 heavy (non-hydrogen) atoms. The van der Waals surface area contributed by atoms with Crippen molar-refractivity contribution in [3.8, 4) is 50.6 Å². The number of aromatic nitrogens is 3. The Kier molecular flexibility index (Phi) is 8.14. The van der Waals surface area contributed by atoms with E-state index in [0.29, 0.717) is 11.3 Å². The quantitative estimate of drug-likeness (QED) is 0.161. The zero-order chi connectivity index (χ0) is 38.9. The summed E-state index contributed by atoms with van der Waals surface area (Å²) in [4.78, 5) is 9.16. The summed E-state index contributed by atoms with van der Waals surface area (Å²) in [6.07, 6.45) is 1.30. The van der Waals surface area contributed by atoms with E-state index in [9.17, 15) is 0 Å². The van der Waals surface area contributed by atoms with E-state index in [2.05, 4.69) is 136 Å². The third-order valence-electron chi connectivity index (χ3n) is 8.49. The first-order chi connectivity index (χ1) is 27.0. The molecule has 0 N–H and O–H groups in total. The molecule has 0 fully saturated rings. The summed E-state index contributed by atoms with van der Waals surface area (Å²) < 4.78 is 47.1. The normalized spacial score (nSPS) is 13.0. The van der Waals surface area contributed by atoms with E-state index in [1.165, 1.54) is 56.7 Å². The minimum Gasteiger partial charge on any atom is -0.333 e. The topological polar surface area (TPSA) is 30.7 Å². The minimum absolute atomic E-state index is 0. The molecule has 6 aromatic carbocycles. The van der Waals surface area contributed by atoms with Crippen LogP contribution in [-0.2, 0) is 20.1 Å². The summed E-state index contributed by atoms with van der Waals surface area (Å²) in [5.74, 6) is 0.919. The number of aryl methyl sites for hydroxylation is 2. The van der Waals surface area contributed by atoms with Crippen LogP contribution in [0.5, 0.6) is 0 Å². The van der Waals surface area contributed by atoms with E-state index in [1.807, 2.05) is 12.1 Å². The Morgan fingerprint density at radius 1 is 0.647 bits per heavy atom. The van der Waals surface area contributed by atoms with Crippen molar-refractivity contribution in [1.29, 1.82) is 0 Å². The summed E-state index contributed by atoms with van der Waals surface area (Å²) >= 11 is 1.65. The predicted octanol–water partition coefficient (Wildman–Crippen LogP) is 12.2. The van der Waals surface area contributed by atoms with Crippen LogP contribution < -0.4 is 0 Å². The summed E-state index contributed by atoms with van der Waals surface area (Å²) in [5, 5.41) is 4.75. The van der Waals surface area contributed by atoms with Gasteiger partial charge in [-0.25, -0.2) is 0 Å². The number of fused-ring (bicyclic) bond motifs is 2. The number of hydrogen-bond donors (Lipinski definition) is 0. The number of benzene rings is 6. The van der Waals surface area contributed by atoms with E-state index in [-0.39, 0.29) is 31.2 Å². The zero-order valence-electron chi connectivity index (χ0n) is 33.2. The van der Waals surface area contributed by atoms with Gasteiger partial charge in [-0.1, -0.05) is 132 Å². The molecule has 3 heterocycles. The minimum atomic E-state index is -2.18. The Bertz CT molecular complexity index is 2690. The molecule has 0 atom stereocenters. The van der Waals surface area contributed by atoms with Crippen molar-refractivity contribution in [1.82, 2.24) is 14.5 Å². The molecule has 249 valence electrons. The molecule has 9 rings (SSSR count). The van der Waals surface area contributed by atoms with Crippen LogP contribution in [-0.4, -0.2) is 14.5 Å². The summed E-state index contributed by atoms with van der Waals surface area (Å²) in [5.41, 5.74) is 10.6. The Labute approximate surface area is 324 Å². The Morgan fingerprint density at radius 3 is 2.00 bits per heavy atom. The molecule has 0 unspecified atom stereocenters. The maximum absolute atomic E-state index is 7.28. The van der Waals surface area contributed by atoms with Crippen molar-refractivity contribution >= 4 is 32.5 Å². The van der Waals surface area contributed by atoms with Gasteiger partial charge in [0.05, 0.1) is 16.9 Å². The molecule has 0 aliphatic heterocycles. The SMILES string of the molecule is [2H]C([2H])([2H])c1c[c-]c(-c2ccc(C([2H])([2H])[2H])cn2)cc1.[Ir].[c-]1sc2cc(-c3ccccc3)ccc2c1-c1nc2ccccc2n1-c1ccc(-c2ccccc2)cc1. The number of pyridine rings is 1. The second-order valence-electron chi connectivity index (χ2n) is 11.8. The molecular weight excluding hydrogens is 819 g/mol. The maximum atomic E-state index is 7.28. The van der Waals surface area contributed by atoms with Crippen molar-refractivity contribution in [3.05, 3.63) is 186 Å². The number of rotatable bonds is 5. The molecule has 0 aliphatic carbocycles. The van der Waals surface area contributed by atoms with Crippen LogP contribution in [0.2, 0.25) is 0 Å². The smallest absolute Gasteiger partial charge is 0.0774 e. The number of nitrogens with zero attached hydrogens (tertiary/aromatic N) is 3. The molecular formula is C46H33IrN3S-2. The molecule has 9 aromatic rings. The van der Waals surface area contributed by atoms with E-state index >= 15 is 0 Å². The fourth-order valence-electron chi connectivity index (χ4n) is 5.98. The van der Waals surface area contributed by atoms with Crippen molar-refractivity contribution in [2.45, 2.75) is 13.7 Å². The maximum Gasteiger partial charge on any atom is 0.0774 e. The van der Waals surface area contributed by atoms with Crippen LogP contribution in [0.4, 0.5) is 0 Å². The summed E-state index contributed by atoms with van der Waals surface area (Å²) in [7, 11) is 0. The van der Waals surface area contributed by atoms with Gasteiger partial charge < -0.3 is 9.55 Å². The molecule has 0 aliphatic rings. The predicted molar refractivity (Wildman–Crippen MR) is 210 cm³/mol. The van der Waals surface area contributed by atoms with E-state index in [0.717, 1.165) is 28.1 Å². The molecule has 5 heteroatoms. The van der Waals surface area contributed by atoms with Gasteiger partial charge in [0.15, 0.2) is 0 Å². The van der Waals surface area contributed by atoms with Gasteiger partial charge in [0.1, 0.15) is 0 Å². The fraction of sp³-hybridized carbons (Fsp3) is 0.0435. The molecule has 0 amide bonds. The van der Waals surface area contributed by atoms with Gasteiger partial charge in [-0.15, -0.1) is 46.8 Å². The van der Waals surface area contributed by atoms with Gasteiger partial charge in [0.2, 0.25) is 0 Å². The first-order valence-electron chi connectivity index (χ1n) is 19.2. The third-order valence-corrected chi connectivity index (χ3v) is 9.35. The van der Waals surface area contributed by atoms with Crippen LogP contribution in [0.25, 0.3) is 71.7 Å². The Hall–Kier alpha value is -5.45. The molecule has 0 saturated carbocycles. The third kappa shape index (κ3) is 7.24. The molecule has 3 nitrogen and oxygen atoms in total. The zero-order valence-corrected chi connectivity index (χ0v) is 30.4. The number of hydrogen-bond acceptors (Lipinski definition) is 3. The monoisotopic (exact) mass is 858 g/mol. The van der Waals surface area contributed by atoms with Gasteiger partial charge in [0, 0.05) is 40.2 Å². The number of para-hydroxylation sites is 2. The average molecular weight is 858 g/mol. The van der Waals surface area contributed by atoms with Gasteiger partial charge in [-0.3, -0.25) is 16.3 Å². The van der Waals surface area contributed by atoms with Gasteiger partial charge in [0.25, 0.3) is 0 Å². The Balaban J connectivity index is 0.000000202. The van der Waals surface area contributed by atoms with Crippen LogP contribution >= 0.6 is 11.3 Å². The van der Waals surface area contributed by atoms with E-state index in [1.54, 1.807) is 23.5 Å². The largest absolute Gasteiger partial charge is 0.333 e. The summed E-state index contributed by atoms with van der Waals surface area (Å²) in [6, 6.07) is 55.2. The van der Waals surface area contributed by atoms with Crippen molar-refractivity contribution in [2.75, 3.05) is 0 Å². The molecule has 3 aromatic heterocycles. The van der Waals surface area contributed by atoms with Crippen LogP contribution in [0, 0.1) is 25.2 Å². The van der Waals surface area contributed by atoms with E-state index in [4.69, 9.17) is 13.2 Å². The van der Waals surface area contributed by atoms with Crippen LogP contribution in [0.3, 0.4) is 0 Å². The second-order valence-corrected chi connectivity index (χ2v) is 12.6. The number of thiophene rings is 1. The van der Waals surface area contributed by atoms with Gasteiger partial charge >= 0.3 is 0 Å². The van der Waals surface area contributed by atoms with Gasteiger partial charge in [-0.05, 0) is 64.6 Å². The van der Waals surface area contributed by atoms with Crippen molar-refractivity contribution < 1.29 is 28.3 Å². The van der Waals surface area contributed by atoms with Crippen molar-refractivity contribution in [3.63, 3.8) is 0 Å². The van der Waals surface area contributed by atoms with Crippen molar-refractivity contribution in [2.24, 2.45) is 0 Å². The second kappa shape index (κ2) is 15.2. The average Bonchev–Trinajstić information content (AvgIpc) is 3.83. The first kappa shape index (κ1) is 27.3. The molecule has 0 bridgehead atoms. The fourth-order valence-corrected chi connectivity index (χ4v) is 6.86. The summed E-state index contributed by atoms with van der Waals surface area (Å²) in [6.45, 7) is -4.34. The first-order valence-corrected chi connectivity index (χ1v) is 17.0. The molecule has 0 saturated heterocycles. The van der Waals surface area contributed by atoms with Gasteiger partial charge in [-0.2, -0.15) is 0 Å². The number of imidazole rings is 1. The standard InChI is InChI=1S/C33H21N2S.C13H12N.Ir/c1-3-9-23(10-4-1)25-15-18-27(19-16-25)35-31-14-8-7-13-30(31)34-33(35)29-22-36-32-21-26(17-20-28(29)32)24-11-5-2-6-12-24;1-10-3-6-12(7-4-10)13-8-5-11(2)9-14-13;/h1-21H;3-6,8-9H,1-2H3;/q2*-1;/i;1D3,2D3;. The van der Waals surface area contributed by atoms with Crippen LogP contribution in [0.15, 0.2) is 164 Å². The van der Waals surface area contributed by atoms with Crippen LogP contribution in [0.1, 0.15) is 19.4 Å².